The largest absolute Gasteiger partial charge is 0.481 e. The number of carboxylic acids is 1. The van der Waals surface area contributed by atoms with Gasteiger partial charge in [-0.3, -0.25) is 9.59 Å². The number of nitrogens with zero attached hydrogens (tertiary/aromatic N) is 1. The molecule has 3 aliphatic rings. The lowest BCUT2D eigenvalue weighted by Gasteiger charge is -2.47. The number of carboxylic acid groups (broad SMARTS) is 1. The number of carbonyl (C=O) groups excluding carboxylic acids is 1. The van der Waals surface area contributed by atoms with Crippen LogP contribution >= 0.6 is 0 Å². The quantitative estimate of drug-likeness (QED) is 0.864. The summed E-state index contributed by atoms with van der Waals surface area (Å²) in [6, 6.07) is 0. The summed E-state index contributed by atoms with van der Waals surface area (Å²) in [5.74, 6) is -0.178. The standard InChI is InChI=1S/C18H29NO4/c1-2-17(6-3-7-17)15(20)19-10-4-14(5-11-19)18(16(21)22)8-12-23-13-9-18/h14H,2-13H2,1H3,(H,21,22). The number of aliphatic carboxylic acids is 1. The van der Waals surface area contributed by atoms with E-state index < -0.39 is 11.4 Å². The molecule has 1 amide bonds. The highest BCUT2D eigenvalue weighted by Crippen LogP contribution is 2.47. The van der Waals surface area contributed by atoms with Crippen LogP contribution in [0.1, 0.15) is 58.3 Å². The van der Waals surface area contributed by atoms with Gasteiger partial charge in [-0.1, -0.05) is 13.3 Å². The molecule has 0 aromatic heterocycles. The van der Waals surface area contributed by atoms with E-state index in [1.807, 2.05) is 4.90 Å². The number of likely N-dealkylation sites (tertiary alicyclic amines) is 1. The number of ether oxygens (including phenoxy) is 1. The SMILES string of the molecule is CCC1(C(=O)N2CCC(C3(C(=O)O)CCOCC3)CC2)CCC1. The lowest BCUT2D eigenvalue weighted by Crippen LogP contribution is -2.53. The number of hydrogen-bond donors (Lipinski definition) is 1. The van der Waals surface area contributed by atoms with E-state index in [9.17, 15) is 14.7 Å². The Hall–Kier alpha value is -1.10. The van der Waals surface area contributed by atoms with Gasteiger partial charge in [-0.25, -0.2) is 0 Å². The molecular formula is C18H29NO4. The topological polar surface area (TPSA) is 66.8 Å². The van der Waals surface area contributed by atoms with Gasteiger partial charge in [0.2, 0.25) is 5.91 Å². The van der Waals surface area contributed by atoms with E-state index in [0.717, 1.165) is 51.6 Å². The molecular weight excluding hydrogens is 294 g/mol. The number of carbonyl (C=O) groups is 2. The molecule has 130 valence electrons. The minimum Gasteiger partial charge on any atom is -0.481 e. The van der Waals surface area contributed by atoms with Crippen molar-refractivity contribution in [3.63, 3.8) is 0 Å². The second kappa shape index (κ2) is 6.42. The second-order valence-electron chi connectivity index (χ2n) is 7.63. The maximum Gasteiger partial charge on any atom is 0.310 e. The summed E-state index contributed by atoms with van der Waals surface area (Å²) in [4.78, 5) is 26.7. The zero-order valence-electron chi connectivity index (χ0n) is 14.2. The van der Waals surface area contributed by atoms with Crippen LogP contribution in [0, 0.1) is 16.7 Å². The highest BCUT2D eigenvalue weighted by Gasteiger charge is 2.50. The van der Waals surface area contributed by atoms with Crippen LogP contribution in [0.3, 0.4) is 0 Å². The number of hydrogen-bond acceptors (Lipinski definition) is 3. The maximum atomic E-state index is 12.8. The fourth-order valence-electron chi connectivity index (χ4n) is 4.83. The minimum atomic E-state index is -0.672. The van der Waals surface area contributed by atoms with Gasteiger partial charge in [-0.2, -0.15) is 0 Å². The Balaban J connectivity index is 1.63. The van der Waals surface area contributed by atoms with Gasteiger partial charge in [-0.15, -0.1) is 0 Å². The monoisotopic (exact) mass is 323 g/mol. The summed E-state index contributed by atoms with van der Waals surface area (Å²) < 4.78 is 5.38. The Kier molecular flexibility index (Phi) is 4.68. The Morgan fingerprint density at radius 1 is 1.13 bits per heavy atom. The van der Waals surface area contributed by atoms with Crippen molar-refractivity contribution in [2.24, 2.45) is 16.7 Å². The van der Waals surface area contributed by atoms with Crippen LogP contribution in [0.5, 0.6) is 0 Å². The summed E-state index contributed by atoms with van der Waals surface area (Å²) in [6.07, 6.45) is 7.01. The highest BCUT2D eigenvalue weighted by atomic mass is 16.5. The first kappa shape index (κ1) is 16.7. The van der Waals surface area contributed by atoms with E-state index in [2.05, 4.69) is 6.92 Å². The fraction of sp³-hybridized carbons (Fsp3) is 0.889. The molecule has 5 nitrogen and oxygen atoms in total. The number of rotatable bonds is 4. The Morgan fingerprint density at radius 2 is 1.74 bits per heavy atom. The van der Waals surface area contributed by atoms with E-state index in [1.54, 1.807) is 0 Å². The van der Waals surface area contributed by atoms with Crippen molar-refractivity contribution >= 4 is 11.9 Å². The molecule has 0 spiro atoms. The first-order chi connectivity index (χ1) is 11.0. The summed E-state index contributed by atoms with van der Waals surface area (Å²) in [5, 5.41) is 9.79. The molecule has 0 aromatic carbocycles. The van der Waals surface area contributed by atoms with E-state index in [0.29, 0.717) is 32.0 Å². The summed E-state index contributed by atoms with van der Waals surface area (Å²) in [6.45, 7) is 4.66. The van der Waals surface area contributed by atoms with Crippen molar-refractivity contribution in [2.45, 2.75) is 58.3 Å². The van der Waals surface area contributed by atoms with E-state index in [-0.39, 0.29) is 11.3 Å². The molecule has 3 fully saturated rings. The molecule has 2 aliphatic heterocycles. The first-order valence-electron chi connectivity index (χ1n) is 9.15. The molecule has 2 heterocycles. The molecule has 23 heavy (non-hydrogen) atoms. The molecule has 0 radical (unpaired) electrons. The van der Waals surface area contributed by atoms with Crippen molar-refractivity contribution in [3.05, 3.63) is 0 Å². The summed E-state index contributed by atoms with van der Waals surface area (Å²) in [7, 11) is 0. The fourth-order valence-corrected chi connectivity index (χ4v) is 4.83. The van der Waals surface area contributed by atoms with Gasteiger partial charge in [0, 0.05) is 31.7 Å². The van der Waals surface area contributed by atoms with Gasteiger partial charge in [0.25, 0.3) is 0 Å². The third-order valence-corrected chi connectivity index (χ3v) is 6.82. The van der Waals surface area contributed by atoms with Gasteiger partial charge in [0.15, 0.2) is 0 Å². The van der Waals surface area contributed by atoms with Crippen LogP contribution in [-0.2, 0) is 14.3 Å². The van der Waals surface area contributed by atoms with Crippen LogP contribution in [0.2, 0.25) is 0 Å². The van der Waals surface area contributed by atoms with Crippen molar-refractivity contribution in [1.82, 2.24) is 4.90 Å². The number of amides is 1. The van der Waals surface area contributed by atoms with Crippen molar-refractivity contribution in [3.8, 4) is 0 Å². The average Bonchev–Trinajstić information content (AvgIpc) is 2.55. The van der Waals surface area contributed by atoms with E-state index >= 15 is 0 Å². The predicted molar refractivity (Wildman–Crippen MR) is 86.0 cm³/mol. The highest BCUT2D eigenvalue weighted by molar-refractivity contribution is 5.83. The van der Waals surface area contributed by atoms with Crippen LogP contribution < -0.4 is 0 Å². The molecule has 2 saturated heterocycles. The second-order valence-corrected chi connectivity index (χ2v) is 7.63. The molecule has 5 heteroatoms. The third kappa shape index (κ3) is 2.77. The zero-order valence-corrected chi connectivity index (χ0v) is 14.2. The van der Waals surface area contributed by atoms with Crippen LogP contribution in [-0.4, -0.2) is 48.2 Å². The van der Waals surface area contributed by atoms with Crippen LogP contribution in [0.4, 0.5) is 0 Å². The van der Waals surface area contributed by atoms with Gasteiger partial charge in [0.1, 0.15) is 0 Å². The smallest absolute Gasteiger partial charge is 0.310 e. The molecule has 1 aliphatic carbocycles. The molecule has 1 saturated carbocycles. The predicted octanol–water partition coefficient (Wildman–Crippen LogP) is 2.69. The average molecular weight is 323 g/mol. The van der Waals surface area contributed by atoms with Crippen molar-refractivity contribution in [1.29, 1.82) is 0 Å². The zero-order chi connectivity index (χ0) is 16.5. The summed E-state index contributed by atoms with van der Waals surface area (Å²) in [5.41, 5.74) is -0.734. The van der Waals surface area contributed by atoms with Crippen LogP contribution in [0.15, 0.2) is 0 Å². The Morgan fingerprint density at radius 3 is 2.17 bits per heavy atom. The lowest BCUT2D eigenvalue weighted by atomic mass is 9.64. The van der Waals surface area contributed by atoms with Crippen molar-refractivity contribution in [2.75, 3.05) is 26.3 Å². The molecule has 0 atom stereocenters. The summed E-state index contributed by atoms with van der Waals surface area (Å²) >= 11 is 0. The molecule has 0 aromatic rings. The van der Waals surface area contributed by atoms with Gasteiger partial charge in [0.05, 0.1) is 5.41 Å². The molecule has 3 rings (SSSR count). The Labute approximate surface area is 138 Å². The normalized spacial score (nSPS) is 27.3. The Bertz CT molecular complexity index is 452. The molecule has 0 unspecified atom stereocenters. The van der Waals surface area contributed by atoms with Crippen LogP contribution in [0.25, 0.3) is 0 Å². The lowest BCUT2D eigenvalue weighted by molar-refractivity contribution is -0.163. The van der Waals surface area contributed by atoms with E-state index in [4.69, 9.17) is 4.74 Å². The van der Waals surface area contributed by atoms with E-state index in [1.165, 1.54) is 0 Å². The molecule has 0 bridgehead atoms. The van der Waals surface area contributed by atoms with Gasteiger partial charge >= 0.3 is 5.97 Å². The van der Waals surface area contributed by atoms with Crippen molar-refractivity contribution < 1.29 is 19.4 Å². The molecule has 1 N–H and O–H groups in total. The minimum absolute atomic E-state index is 0.101. The van der Waals surface area contributed by atoms with Gasteiger partial charge < -0.3 is 14.7 Å². The first-order valence-corrected chi connectivity index (χ1v) is 9.15. The van der Waals surface area contributed by atoms with Gasteiger partial charge in [-0.05, 0) is 50.9 Å². The third-order valence-electron chi connectivity index (χ3n) is 6.82. The maximum absolute atomic E-state index is 12.8. The number of piperidine rings is 1.